The third kappa shape index (κ3) is 16.5. The third-order valence-corrected chi connectivity index (χ3v) is 4.81. The lowest BCUT2D eigenvalue weighted by Crippen LogP contribution is -2.36. The van der Waals surface area contributed by atoms with Crippen molar-refractivity contribution in [2.45, 2.75) is 70.7 Å². The summed E-state index contributed by atoms with van der Waals surface area (Å²) in [5.74, 6) is 0. The molecule has 0 aromatic heterocycles. The van der Waals surface area contributed by atoms with E-state index < -0.39 is 8.38 Å². The first-order chi connectivity index (χ1) is 14.2. The van der Waals surface area contributed by atoms with Crippen molar-refractivity contribution in [1.29, 1.82) is 0 Å². The minimum atomic E-state index is -1.35. The third-order valence-electron chi connectivity index (χ3n) is 4.21. The van der Waals surface area contributed by atoms with Crippen molar-refractivity contribution in [2.24, 2.45) is 0 Å². The molecule has 0 saturated carbocycles. The zero-order valence-electron chi connectivity index (χ0n) is 18.1. The van der Waals surface area contributed by atoms with Gasteiger partial charge in [-0.15, -0.1) is 0 Å². The lowest BCUT2D eigenvalue weighted by molar-refractivity contribution is -0.213. The number of rotatable bonds is 15. The van der Waals surface area contributed by atoms with Crippen molar-refractivity contribution in [2.75, 3.05) is 19.9 Å². The number of hydrogen-bond donors (Lipinski definition) is 1. The van der Waals surface area contributed by atoms with E-state index in [-0.39, 0.29) is 12.4 Å². The van der Waals surface area contributed by atoms with Gasteiger partial charge in [-0.25, -0.2) is 0 Å². The normalized spacial score (nSPS) is 22.2. The van der Waals surface area contributed by atoms with Crippen LogP contribution in [0.25, 0.3) is 0 Å². The molecule has 1 aliphatic rings. The Morgan fingerprint density at radius 1 is 0.828 bits per heavy atom. The number of ether oxygens (including phenoxy) is 2. The Labute approximate surface area is 178 Å². The Morgan fingerprint density at radius 3 is 1.79 bits per heavy atom. The molecule has 0 radical (unpaired) electrons. The van der Waals surface area contributed by atoms with Crippen molar-refractivity contribution in [3.63, 3.8) is 0 Å². The summed E-state index contributed by atoms with van der Waals surface area (Å²) in [5, 5.41) is 0. The maximum Gasteiger partial charge on any atom is 0.164 e. The van der Waals surface area contributed by atoms with Crippen molar-refractivity contribution in [3.8, 4) is 0 Å². The second kappa shape index (κ2) is 19.0. The standard InChI is InChI=1S/C24H39O4P/c1-3-4-5-6-7-8-9-10-11-12-13-14-15-16-17-18-19-20-24-26-21-23(22-27-24)28-29(2)25/h4-5,7-8,10-11,13-14,16-17,23-25H,3,6,9,12,15,18-22H2,1-2H3/b5-4-,8-7-,11-10-,14-13-,17-16-. The van der Waals surface area contributed by atoms with Gasteiger partial charge in [0, 0.05) is 6.66 Å². The average Bonchev–Trinajstić information content (AvgIpc) is 2.71. The molecule has 0 aromatic carbocycles. The quantitative estimate of drug-likeness (QED) is 0.183. The van der Waals surface area contributed by atoms with Crippen LogP contribution >= 0.6 is 8.38 Å². The molecule has 1 atom stereocenters. The lowest BCUT2D eigenvalue weighted by Gasteiger charge is -2.29. The molecule has 1 aliphatic heterocycles. The maximum atomic E-state index is 9.25. The fourth-order valence-corrected chi connectivity index (χ4v) is 3.29. The van der Waals surface area contributed by atoms with Gasteiger partial charge in [-0.05, 0) is 51.4 Å². The van der Waals surface area contributed by atoms with E-state index in [0.717, 1.165) is 51.4 Å². The summed E-state index contributed by atoms with van der Waals surface area (Å²) in [5.41, 5.74) is 0. The molecule has 1 unspecified atom stereocenters. The van der Waals surface area contributed by atoms with Gasteiger partial charge in [0.25, 0.3) is 0 Å². The maximum absolute atomic E-state index is 9.25. The van der Waals surface area contributed by atoms with Crippen LogP contribution in [0.4, 0.5) is 0 Å². The fraction of sp³-hybridized carbons (Fsp3) is 0.583. The molecular formula is C24H39O4P. The largest absolute Gasteiger partial charge is 0.350 e. The summed E-state index contributed by atoms with van der Waals surface area (Å²) < 4.78 is 16.6. The molecular weight excluding hydrogens is 383 g/mol. The topological polar surface area (TPSA) is 47.9 Å². The average molecular weight is 423 g/mol. The molecule has 0 amide bonds. The SMILES string of the molecule is CC/C=C\C/C=C\C/C=C\C/C=C\C/C=C\CCCC1OCC(OP(C)O)CO1. The summed E-state index contributed by atoms with van der Waals surface area (Å²) in [4.78, 5) is 9.25. The van der Waals surface area contributed by atoms with Gasteiger partial charge < -0.3 is 18.9 Å². The minimum Gasteiger partial charge on any atom is -0.350 e. The van der Waals surface area contributed by atoms with Crippen molar-refractivity contribution < 1.29 is 18.9 Å². The van der Waals surface area contributed by atoms with Crippen molar-refractivity contribution in [1.82, 2.24) is 0 Å². The molecule has 1 N–H and O–H groups in total. The summed E-state index contributed by atoms with van der Waals surface area (Å²) >= 11 is 0. The van der Waals surface area contributed by atoms with Crippen LogP contribution in [0.3, 0.4) is 0 Å². The van der Waals surface area contributed by atoms with Gasteiger partial charge in [-0.3, -0.25) is 0 Å². The molecule has 1 rings (SSSR count). The highest BCUT2D eigenvalue weighted by Crippen LogP contribution is 2.29. The molecule has 4 nitrogen and oxygen atoms in total. The smallest absolute Gasteiger partial charge is 0.164 e. The Balaban J connectivity index is 1.94. The monoisotopic (exact) mass is 422 g/mol. The molecule has 0 aromatic rings. The lowest BCUT2D eigenvalue weighted by atomic mass is 10.2. The van der Waals surface area contributed by atoms with E-state index in [0.29, 0.717) is 13.2 Å². The zero-order chi connectivity index (χ0) is 21.0. The molecule has 0 spiro atoms. The highest BCUT2D eigenvalue weighted by molar-refractivity contribution is 7.45. The summed E-state index contributed by atoms with van der Waals surface area (Å²) in [7, 11) is -1.35. The molecule has 5 heteroatoms. The summed E-state index contributed by atoms with van der Waals surface area (Å²) in [6.45, 7) is 4.81. The molecule has 0 aliphatic carbocycles. The van der Waals surface area contributed by atoms with E-state index in [1.807, 2.05) is 0 Å². The van der Waals surface area contributed by atoms with Crippen LogP contribution in [0.15, 0.2) is 60.8 Å². The van der Waals surface area contributed by atoms with E-state index in [2.05, 4.69) is 67.7 Å². The number of allylic oxidation sites excluding steroid dienone is 10. The molecule has 164 valence electrons. The second-order valence-electron chi connectivity index (χ2n) is 6.93. The van der Waals surface area contributed by atoms with E-state index in [9.17, 15) is 4.89 Å². The van der Waals surface area contributed by atoms with Crippen LogP contribution < -0.4 is 0 Å². The van der Waals surface area contributed by atoms with Gasteiger partial charge in [0.05, 0.1) is 13.2 Å². The first-order valence-electron chi connectivity index (χ1n) is 10.8. The van der Waals surface area contributed by atoms with Gasteiger partial charge in [0.15, 0.2) is 14.7 Å². The molecule has 1 heterocycles. The summed E-state index contributed by atoms with van der Waals surface area (Å²) in [6, 6.07) is 0. The molecule has 1 fully saturated rings. The molecule has 1 saturated heterocycles. The molecule has 29 heavy (non-hydrogen) atoms. The van der Waals surface area contributed by atoms with Crippen LogP contribution in [-0.2, 0) is 14.0 Å². The predicted molar refractivity (Wildman–Crippen MR) is 124 cm³/mol. The van der Waals surface area contributed by atoms with Crippen LogP contribution in [0, 0.1) is 0 Å². The fourth-order valence-electron chi connectivity index (χ4n) is 2.74. The van der Waals surface area contributed by atoms with Crippen LogP contribution in [-0.4, -0.2) is 37.2 Å². The van der Waals surface area contributed by atoms with E-state index >= 15 is 0 Å². The Hall–Kier alpha value is -1.03. The van der Waals surface area contributed by atoms with Crippen molar-refractivity contribution >= 4 is 8.38 Å². The first kappa shape index (κ1) is 26.0. The number of unbranched alkanes of at least 4 members (excludes halogenated alkanes) is 1. The zero-order valence-corrected chi connectivity index (χ0v) is 19.0. The van der Waals surface area contributed by atoms with Crippen molar-refractivity contribution in [3.05, 3.63) is 60.8 Å². The van der Waals surface area contributed by atoms with E-state index in [1.165, 1.54) is 0 Å². The minimum absolute atomic E-state index is 0.139. The summed E-state index contributed by atoms with van der Waals surface area (Å²) in [6.07, 6.45) is 30.0. The highest BCUT2D eigenvalue weighted by Gasteiger charge is 2.23. The van der Waals surface area contributed by atoms with Gasteiger partial charge in [-0.1, -0.05) is 67.7 Å². The van der Waals surface area contributed by atoms with E-state index in [4.69, 9.17) is 14.0 Å². The van der Waals surface area contributed by atoms with Gasteiger partial charge in [0.1, 0.15) is 6.10 Å². The first-order valence-corrected chi connectivity index (χ1v) is 12.5. The van der Waals surface area contributed by atoms with Crippen LogP contribution in [0.5, 0.6) is 0 Å². The van der Waals surface area contributed by atoms with Crippen LogP contribution in [0.2, 0.25) is 0 Å². The molecule has 0 bridgehead atoms. The predicted octanol–water partition coefficient (Wildman–Crippen LogP) is 6.60. The van der Waals surface area contributed by atoms with Gasteiger partial charge >= 0.3 is 0 Å². The van der Waals surface area contributed by atoms with Gasteiger partial charge in [-0.2, -0.15) is 0 Å². The second-order valence-corrected chi connectivity index (χ2v) is 8.07. The van der Waals surface area contributed by atoms with Gasteiger partial charge in [0.2, 0.25) is 0 Å². The van der Waals surface area contributed by atoms with E-state index in [1.54, 1.807) is 6.66 Å². The Kier molecular flexibility index (Phi) is 17.0. The Morgan fingerprint density at radius 2 is 1.31 bits per heavy atom. The van der Waals surface area contributed by atoms with Crippen LogP contribution in [0.1, 0.15) is 58.3 Å². The highest BCUT2D eigenvalue weighted by atomic mass is 31.2. The number of hydrogen-bond acceptors (Lipinski definition) is 4. The Bertz CT molecular complexity index is 515.